The number of piperidine rings is 1. The Kier molecular flexibility index (Phi) is 7.66. The van der Waals surface area contributed by atoms with Crippen LogP contribution in [0.3, 0.4) is 0 Å². The van der Waals surface area contributed by atoms with Crippen LogP contribution >= 0.6 is 12.2 Å². The maximum Gasteiger partial charge on any atom is 0.173 e. The number of likely N-dealkylation sites (N-methyl/N-ethyl adjacent to an activating group) is 1. The standard InChI is InChI=1S/C20H34N4S/c1-16(2)23-11-9-19(10-12-23)24(14-13-22(4)5)20(25)21-18-8-6-7-17(3)15-18/h6-8,15-16,19H,9-14H2,1-5H3,(H,21,25)/p+2. The predicted molar refractivity (Wildman–Crippen MR) is 111 cm³/mol. The van der Waals surface area contributed by atoms with Crippen LogP contribution < -0.4 is 15.1 Å². The van der Waals surface area contributed by atoms with Crippen molar-refractivity contribution in [2.75, 3.05) is 45.6 Å². The highest BCUT2D eigenvalue weighted by molar-refractivity contribution is 7.80. The van der Waals surface area contributed by atoms with Crippen LogP contribution in [0.15, 0.2) is 24.3 Å². The lowest BCUT2D eigenvalue weighted by molar-refractivity contribution is -0.926. The van der Waals surface area contributed by atoms with E-state index in [1.54, 1.807) is 4.90 Å². The Morgan fingerprint density at radius 2 is 2.00 bits per heavy atom. The maximum absolute atomic E-state index is 5.81. The van der Waals surface area contributed by atoms with Gasteiger partial charge in [0.25, 0.3) is 0 Å². The second-order valence-corrected chi connectivity index (χ2v) is 8.38. The van der Waals surface area contributed by atoms with Crippen molar-refractivity contribution in [3.8, 4) is 0 Å². The Hall–Kier alpha value is -1.17. The number of thiocarbonyl (C=S) groups is 1. The molecule has 0 bridgehead atoms. The molecule has 1 heterocycles. The third-order valence-electron chi connectivity index (χ3n) is 5.24. The van der Waals surface area contributed by atoms with E-state index in [1.807, 2.05) is 0 Å². The summed E-state index contributed by atoms with van der Waals surface area (Å²) < 4.78 is 0. The van der Waals surface area contributed by atoms with Gasteiger partial charge in [-0.25, -0.2) is 0 Å². The van der Waals surface area contributed by atoms with E-state index < -0.39 is 0 Å². The van der Waals surface area contributed by atoms with Crippen molar-refractivity contribution in [1.82, 2.24) is 4.90 Å². The molecule has 5 heteroatoms. The Labute approximate surface area is 159 Å². The molecule has 0 saturated carbocycles. The first-order chi connectivity index (χ1) is 11.9. The van der Waals surface area contributed by atoms with Gasteiger partial charge in [-0.05, 0) is 50.7 Å². The van der Waals surface area contributed by atoms with E-state index >= 15 is 0 Å². The minimum Gasteiger partial charge on any atom is -0.340 e. The number of anilines is 1. The van der Waals surface area contributed by atoms with Crippen molar-refractivity contribution in [2.45, 2.75) is 45.7 Å². The van der Waals surface area contributed by atoms with Gasteiger partial charge in [0.15, 0.2) is 5.11 Å². The van der Waals surface area contributed by atoms with E-state index in [2.05, 4.69) is 69.3 Å². The molecule has 1 aliphatic rings. The fourth-order valence-corrected chi connectivity index (χ4v) is 3.93. The summed E-state index contributed by atoms with van der Waals surface area (Å²) in [6.07, 6.45) is 2.46. The van der Waals surface area contributed by atoms with Crippen LogP contribution in [0.2, 0.25) is 0 Å². The number of benzene rings is 1. The zero-order valence-electron chi connectivity index (χ0n) is 16.6. The topological polar surface area (TPSA) is 24.2 Å². The van der Waals surface area contributed by atoms with Crippen LogP contribution in [0.4, 0.5) is 5.69 Å². The highest BCUT2D eigenvalue weighted by atomic mass is 32.1. The SMILES string of the molecule is Cc1cccc(NC(=S)N(CC[NH+](C)C)C2CC[NH+](C(C)C)CC2)c1. The van der Waals surface area contributed by atoms with Crippen LogP contribution in [-0.2, 0) is 0 Å². The molecule has 0 unspecified atom stereocenters. The summed E-state index contributed by atoms with van der Waals surface area (Å²) in [6, 6.07) is 9.74. The number of likely N-dealkylation sites (tertiary alicyclic amines) is 1. The first kappa shape index (κ1) is 20.1. The van der Waals surface area contributed by atoms with Gasteiger partial charge in [-0.2, -0.15) is 0 Å². The second-order valence-electron chi connectivity index (χ2n) is 7.99. The van der Waals surface area contributed by atoms with Crippen LogP contribution in [0.5, 0.6) is 0 Å². The molecule has 1 aromatic carbocycles. The molecule has 3 N–H and O–H groups in total. The molecule has 0 atom stereocenters. The Morgan fingerprint density at radius 3 is 2.56 bits per heavy atom. The first-order valence-electron chi connectivity index (χ1n) is 9.64. The Bertz CT molecular complexity index is 550. The lowest BCUT2D eigenvalue weighted by Crippen LogP contribution is -3.16. The average Bonchev–Trinajstić information content (AvgIpc) is 2.55. The van der Waals surface area contributed by atoms with E-state index in [-0.39, 0.29) is 0 Å². The fraction of sp³-hybridized carbons (Fsp3) is 0.650. The third-order valence-corrected chi connectivity index (χ3v) is 5.57. The molecule has 0 aromatic heterocycles. The summed E-state index contributed by atoms with van der Waals surface area (Å²) in [5.41, 5.74) is 2.35. The summed E-state index contributed by atoms with van der Waals surface area (Å²) in [7, 11) is 4.42. The van der Waals surface area contributed by atoms with Gasteiger partial charge in [-0.3, -0.25) is 0 Å². The molecule has 140 valence electrons. The normalized spacial score (nSPS) is 20.8. The highest BCUT2D eigenvalue weighted by Gasteiger charge is 2.29. The molecule has 1 fully saturated rings. The molecular formula is C20H36N4S+2. The average molecular weight is 365 g/mol. The minimum absolute atomic E-state index is 0.562. The summed E-state index contributed by atoms with van der Waals surface area (Å²) in [5, 5.41) is 4.36. The van der Waals surface area contributed by atoms with Gasteiger partial charge < -0.3 is 20.0 Å². The molecule has 4 nitrogen and oxygen atoms in total. The van der Waals surface area contributed by atoms with Gasteiger partial charge in [-0.15, -0.1) is 0 Å². The number of hydrogen-bond donors (Lipinski definition) is 3. The monoisotopic (exact) mass is 364 g/mol. The fourth-order valence-electron chi connectivity index (χ4n) is 3.57. The third kappa shape index (κ3) is 6.24. The lowest BCUT2D eigenvalue weighted by Gasteiger charge is -2.39. The summed E-state index contributed by atoms with van der Waals surface area (Å²) in [5.74, 6) is 0. The number of rotatable bonds is 6. The molecule has 25 heavy (non-hydrogen) atoms. The molecule has 0 aliphatic carbocycles. The van der Waals surface area contributed by atoms with Crippen LogP contribution in [0, 0.1) is 6.92 Å². The number of quaternary nitrogens is 2. The second kappa shape index (κ2) is 9.51. The molecule has 1 aliphatic heterocycles. The van der Waals surface area contributed by atoms with Crippen molar-refractivity contribution in [3.63, 3.8) is 0 Å². The Balaban J connectivity index is 2.03. The Morgan fingerprint density at radius 1 is 1.32 bits per heavy atom. The van der Waals surface area contributed by atoms with E-state index in [4.69, 9.17) is 12.2 Å². The molecule has 1 saturated heterocycles. The van der Waals surface area contributed by atoms with Crippen molar-refractivity contribution in [1.29, 1.82) is 0 Å². The largest absolute Gasteiger partial charge is 0.340 e. The zero-order chi connectivity index (χ0) is 18.4. The van der Waals surface area contributed by atoms with E-state index in [1.165, 1.54) is 36.4 Å². The van der Waals surface area contributed by atoms with Gasteiger partial charge in [0.2, 0.25) is 0 Å². The quantitative estimate of drug-likeness (QED) is 0.645. The number of hydrogen-bond acceptors (Lipinski definition) is 1. The van der Waals surface area contributed by atoms with E-state index in [0.29, 0.717) is 6.04 Å². The first-order valence-corrected chi connectivity index (χ1v) is 10.1. The molecule has 0 amide bonds. The van der Waals surface area contributed by atoms with E-state index in [9.17, 15) is 0 Å². The van der Waals surface area contributed by atoms with Crippen LogP contribution in [0.1, 0.15) is 32.3 Å². The van der Waals surface area contributed by atoms with E-state index in [0.717, 1.165) is 29.9 Å². The number of nitrogens with one attached hydrogen (secondary N) is 3. The molecule has 1 aromatic rings. The van der Waals surface area contributed by atoms with Gasteiger partial charge in [0.1, 0.15) is 0 Å². The van der Waals surface area contributed by atoms with Crippen molar-refractivity contribution >= 4 is 23.0 Å². The predicted octanol–water partition coefficient (Wildman–Crippen LogP) is 0.594. The molecule has 0 radical (unpaired) electrons. The van der Waals surface area contributed by atoms with Crippen molar-refractivity contribution in [2.24, 2.45) is 0 Å². The zero-order valence-corrected chi connectivity index (χ0v) is 17.4. The number of nitrogens with zero attached hydrogens (tertiary/aromatic N) is 1. The molecular weight excluding hydrogens is 328 g/mol. The lowest BCUT2D eigenvalue weighted by atomic mass is 10.0. The molecule has 2 rings (SSSR count). The summed E-state index contributed by atoms with van der Waals surface area (Å²) in [4.78, 5) is 5.64. The minimum atomic E-state index is 0.562. The van der Waals surface area contributed by atoms with Gasteiger partial charge in [0.05, 0.1) is 46.3 Å². The number of aryl methyl sites for hydroxylation is 1. The van der Waals surface area contributed by atoms with Crippen LogP contribution in [0.25, 0.3) is 0 Å². The maximum atomic E-state index is 5.81. The van der Waals surface area contributed by atoms with Crippen LogP contribution in [-0.4, -0.2) is 62.4 Å². The summed E-state index contributed by atoms with van der Waals surface area (Å²) >= 11 is 5.81. The van der Waals surface area contributed by atoms with Gasteiger partial charge in [0, 0.05) is 24.6 Å². The van der Waals surface area contributed by atoms with Crippen molar-refractivity contribution in [3.05, 3.63) is 29.8 Å². The summed E-state index contributed by atoms with van der Waals surface area (Å²) in [6.45, 7) is 11.4. The van der Waals surface area contributed by atoms with Gasteiger partial charge >= 0.3 is 0 Å². The highest BCUT2D eigenvalue weighted by Crippen LogP contribution is 2.15. The molecule has 0 spiro atoms. The van der Waals surface area contributed by atoms with Crippen molar-refractivity contribution < 1.29 is 9.80 Å². The smallest absolute Gasteiger partial charge is 0.173 e. The van der Waals surface area contributed by atoms with Gasteiger partial charge in [-0.1, -0.05) is 12.1 Å².